The van der Waals surface area contributed by atoms with E-state index in [1.54, 1.807) is 11.0 Å². The molecule has 1 aliphatic heterocycles. The third kappa shape index (κ3) is 4.82. The van der Waals surface area contributed by atoms with Gasteiger partial charge in [0.1, 0.15) is 4.21 Å². The van der Waals surface area contributed by atoms with Gasteiger partial charge in [-0.05, 0) is 30.3 Å². The van der Waals surface area contributed by atoms with Crippen molar-refractivity contribution in [3.05, 3.63) is 45.2 Å². The molecule has 0 atom stereocenters. The number of carbonyl (C=O) groups is 1. The second-order valence-electron chi connectivity index (χ2n) is 5.59. The second-order valence-corrected chi connectivity index (χ2v) is 11.4. The van der Waals surface area contributed by atoms with Gasteiger partial charge in [0.2, 0.25) is 5.91 Å². The Labute approximate surface area is 174 Å². The van der Waals surface area contributed by atoms with Crippen LogP contribution in [-0.2, 0) is 14.8 Å². The first-order valence-corrected chi connectivity index (χ1v) is 12.2. The molecular weight excluding hydrogens is 480 g/mol. The molecule has 1 aromatic carbocycles. The molecule has 5 nitrogen and oxygen atoms in total. The van der Waals surface area contributed by atoms with Crippen molar-refractivity contribution in [2.45, 2.75) is 9.10 Å². The number of sulfonamides is 1. The molecule has 0 saturated carbocycles. The summed E-state index contributed by atoms with van der Waals surface area (Å²) in [6, 6.07) is 10.9. The third-order valence-corrected chi connectivity index (χ3v) is 8.96. The SMILES string of the molecule is O=C(CSc1cccc(Br)c1)N1CCN(S(=O)(=O)c2ccc(Cl)s2)CC1. The molecule has 0 aliphatic carbocycles. The largest absolute Gasteiger partial charge is 0.339 e. The number of hydrogen-bond acceptors (Lipinski definition) is 5. The van der Waals surface area contributed by atoms with Gasteiger partial charge in [-0.25, -0.2) is 8.42 Å². The van der Waals surface area contributed by atoms with Gasteiger partial charge in [-0.2, -0.15) is 4.31 Å². The molecule has 0 N–H and O–H groups in total. The van der Waals surface area contributed by atoms with E-state index < -0.39 is 10.0 Å². The Morgan fingerprint density at radius 1 is 1.19 bits per heavy atom. The molecular formula is C16H16BrClN2O3S3. The van der Waals surface area contributed by atoms with Crippen molar-refractivity contribution in [1.29, 1.82) is 0 Å². The molecule has 26 heavy (non-hydrogen) atoms. The number of nitrogens with zero attached hydrogens (tertiary/aromatic N) is 2. The van der Waals surface area contributed by atoms with Gasteiger partial charge in [-0.1, -0.05) is 33.6 Å². The van der Waals surface area contributed by atoms with E-state index in [4.69, 9.17) is 11.6 Å². The molecule has 0 spiro atoms. The van der Waals surface area contributed by atoms with Crippen molar-refractivity contribution >= 4 is 66.6 Å². The summed E-state index contributed by atoms with van der Waals surface area (Å²) in [6.07, 6.45) is 0. The zero-order chi connectivity index (χ0) is 18.7. The lowest BCUT2D eigenvalue weighted by Crippen LogP contribution is -2.50. The highest BCUT2D eigenvalue weighted by Crippen LogP contribution is 2.29. The Balaban J connectivity index is 1.54. The van der Waals surface area contributed by atoms with E-state index in [1.165, 1.54) is 22.1 Å². The van der Waals surface area contributed by atoms with E-state index in [9.17, 15) is 13.2 Å². The first-order chi connectivity index (χ1) is 12.4. The predicted octanol–water partition coefficient (Wildman–Crippen LogP) is 3.79. The van der Waals surface area contributed by atoms with Gasteiger partial charge in [0.05, 0.1) is 10.1 Å². The molecule has 1 amide bonds. The van der Waals surface area contributed by atoms with Crippen LogP contribution >= 0.6 is 50.6 Å². The zero-order valence-electron chi connectivity index (χ0n) is 13.6. The quantitative estimate of drug-likeness (QED) is 0.592. The summed E-state index contributed by atoms with van der Waals surface area (Å²) in [7, 11) is -3.53. The topological polar surface area (TPSA) is 57.7 Å². The second kappa shape index (κ2) is 8.62. The first-order valence-electron chi connectivity index (χ1n) is 7.78. The van der Waals surface area contributed by atoms with Crippen molar-refractivity contribution < 1.29 is 13.2 Å². The highest BCUT2D eigenvalue weighted by molar-refractivity contribution is 9.10. The molecule has 1 saturated heterocycles. The average Bonchev–Trinajstić information content (AvgIpc) is 3.07. The summed E-state index contributed by atoms with van der Waals surface area (Å²) in [6.45, 7) is 1.39. The van der Waals surface area contributed by atoms with E-state index in [-0.39, 0.29) is 10.1 Å². The van der Waals surface area contributed by atoms with Crippen LogP contribution in [0.15, 0.2) is 50.0 Å². The Kier molecular flexibility index (Phi) is 6.68. The van der Waals surface area contributed by atoms with Gasteiger partial charge in [0.25, 0.3) is 10.0 Å². The third-order valence-electron chi connectivity index (χ3n) is 3.89. The Hall–Kier alpha value is -0.580. The average molecular weight is 496 g/mol. The van der Waals surface area contributed by atoms with Crippen LogP contribution in [0.25, 0.3) is 0 Å². The fourth-order valence-corrected chi connectivity index (χ4v) is 7.00. The maximum absolute atomic E-state index is 12.6. The van der Waals surface area contributed by atoms with E-state index >= 15 is 0 Å². The summed E-state index contributed by atoms with van der Waals surface area (Å²) in [5.74, 6) is 0.357. The van der Waals surface area contributed by atoms with Gasteiger partial charge in [-0.15, -0.1) is 23.1 Å². The molecule has 2 aromatic rings. The standard InChI is InChI=1S/C16H16BrClN2O3S3/c17-12-2-1-3-13(10-12)24-11-15(21)19-6-8-20(9-7-19)26(22,23)16-5-4-14(18)25-16/h1-5,10H,6-9,11H2. The van der Waals surface area contributed by atoms with Crippen LogP contribution in [0.1, 0.15) is 0 Å². The van der Waals surface area contributed by atoms with Crippen molar-refractivity contribution in [3.8, 4) is 0 Å². The van der Waals surface area contributed by atoms with Gasteiger partial charge >= 0.3 is 0 Å². The van der Waals surface area contributed by atoms with Crippen LogP contribution in [0.5, 0.6) is 0 Å². The number of thiophene rings is 1. The lowest BCUT2D eigenvalue weighted by molar-refractivity contribution is -0.129. The molecule has 1 aromatic heterocycles. The Morgan fingerprint density at radius 3 is 2.54 bits per heavy atom. The van der Waals surface area contributed by atoms with E-state index in [0.717, 1.165) is 20.7 Å². The number of amides is 1. The molecule has 10 heteroatoms. The molecule has 1 fully saturated rings. The minimum Gasteiger partial charge on any atom is -0.339 e. The van der Waals surface area contributed by atoms with Crippen molar-refractivity contribution in [1.82, 2.24) is 9.21 Å². The normalized spacial score (nSPS) is 16.0. The lowest BCUT2D eigenvalue weighted by atomic mass is 10.3. The van der Waals surface area contributed by atoms with Crippen LogP contribution in [0.3, 0.4) is 0 Å². The van der Waals surface area contributed by atoms with Crippen LogP contribution in [0.2, 0.25) is 4.34 Å². The van der Waals surface area contributed by atoms with Crippen LogP contribution in [0, 0.1) is 0 Å². The minimum absolute atomic E-state index is 0.0196. The van der Waals surface area contributed by atoms with Crippen LogP contribution in [0.4, 0.5) is 0 Å². The fraction of sp³-hybridized carbons (Fsp3) is 0.312. The number of piperazine rings is 1. The molecule has 1 aliphatic rings. The summed E-state index contributed by atoms with van der Waals surface area (Å²) in [4.78, 5) is 15.1. The lowest BCUT2D eigenvalue weighted by Gasteiger charge is -2.33. The summed E-state index contributed by atoms with van der Waals surface area (Å²) in [5, 5.41) is 0. The number of thioether (sulfide) groups is 1. The summed E-state index contributed by atoms with van der Waals surface area (Å²) >= 11 is 11.8. The van der Waals surface area contributed by atoms with Crippen LogP contribution < -0.4 is 0 Å². The number of benzene rings is 1. The number of halogens is 2. The van der Waals surface area contributed by atoms with E-state index in [0.29, 0.717) is 36.3 Å². The zero-order valence-corrected chi connectivity index (χ0v) is 18.4. The molecule has 0 bridgehead atoms. The van der Waals surface area contributed by atoms with E-state index in [2.05, 4.69) is 15.9 Å². The number of hydrogen-bond donors (Lipinski definition) is 0. The predicted molar refractivity (Wildman–Crippen MR) is 110 cm³/mol. The Morgan fingerprint density at radius 2 is 1.92 bits per heavy atom. The van der Waals surface area contributed by atoms with Gasteiger partial charge in [0.15, 0.2) is 0 Å². The van der Waals surface area contributed by atoms with Crippen LogP contribution in [-0.4, -0.2) is 55.5 Å². The number of carbonyl (C=O) groups excluding carboxylic acids is 1. The smallest absolute Gasteiger partial charge is 0.252 e. The molecule has 0 unspecified atom stereocenters. The minimum atomic E-state index is -3.53. The molecule has 140 valence electrons. The van der Waals surface area contributed by atoms with Gasteiger partial charge < -0.3 is 4.90 Å². The van der Waals surface area contributed by atoms with Crippen molar-refractivity contribution in [2.24, 2.45) is 0 Å². The maximum atomic E-state index is 12.6. The van der Waals surface area contributed by atoms with Gasteiger partial charge in [-0.3, -0.25) is 4.79 Å². The Bertz CT molecular complexity index is 896. The van der Waals surface area contributed by atoms with Crippen molar-refractivity contribution in [3.63, 3.8) is 0 Å². The van der Waals surface area contributed by atoms with E-state index in [1.807, 2.05) is 24.3 Å². The van der Waals surface area contributed by atoms with Gasteiger partial charge in [0, 0.05) is 35.5 Å². The van der Waals surface area contributed by atoms with Crippen molar-refractivity contribution in [2.75, 3.05) is 31.9 Å². The highest BCUT2D eigenvalue weighted by Gasteiger charge is 2.31. The number of rotatable bonds is 5. The first kappa shape index (κ1) is 20.2. The monoisotopic (exact) mass is 494 g/mol. The maximum Gasteiger partial charge on any atom is 0.252 e. The summed E-state index contributed by atoms with van der Waals surface area (Å²) in [5.41, 5.74) is 0. The molecule has 3 rings (SSSR count). The molecule has 2 heterocycles. The fourth-order valence-electron chi connectivity index (χ4n) is 2.53. The highest BCUT2D eigenvalue weighted by atomic mass is 79.9. The molecule has 0 radical (unpaired) electrons. The summed E-state index contributed by atoms with van der Waals surface area (Å²) < 4.78 is 28.3.